The summed E-state index contributed by atoms with van der Waals surface area (Å²) in [4.78, 5) is 24.0. The molecule has 0 bridgehead atoms. The smallest absolute Gasteiger partial charge is 0.258 e. The summed E-state index contributed by atoms with van der Waals surface area (Å²) >= 11 is 0. The number of hydrogen-bond acceptors (Lipinski definition) is 6. The van der Waals surface area contributed by atoms with Crippen LogP contribution >= 0.6 is 0 Å². The monoisotopic (exact) mass is 359 g/mol. The first kappa shape index (κ1) is 17.8. The van der Waals surface area contributed by atoms with Crippen LogP contribution in [0.2, 0.25) is 0 Å². The van der Waals surface area contributed by atoms with Crippen molar-refractivity contribution in [2.75, 3.05) is 20.8 Å². The molecule has 7 heteroatoms. The molecule has 1 atom stereocenters. The summed E-state index contributed by atoms with van der Waals surface area (Å²) in [6.07, 6.45) is 2.83. The van der Waals surface area contributed by atoms with Gasteiger partial charge in [0.1, 0.15) is 12.0 Å². The van der Waals surface area contributed by atoms with Gasteiger partial charge in [-0.2, -0.15) is 0 Å². The topological polar surface area (TPSA) is 87.0 Å². The van der Waals surface area contributed by atoms with Crippen LogP contribution in [0.3, 0.4) is 0 Å². The van der Waals surface area contributed by atoms with Gasteiger partial charge in [0.2, 0.25) is 11.2 Å². The Labute approximate surface area is 150 Å². The average Bonchev–Trinajstić information content (AvgIpc) is 3.01. The van der Waals surface area contributed by atoms with Crippen molar-refractivity contribution in [2.24, 2.45) is 0 Å². The first-order chi connectivity index (χ1) is 12.5. The minimum atomic E-state index is -0.315. The fourth-order valence-corrected chi connectivity index (χ4v) is 3.06. The number of fused-ring (bicyclic) bond motifs is 1. The van der Waals surface area contributed by atoms with Gasteiger partial charge in [0.05, 0.1) is 20.3 Å². The maximum atomic E-state index is 12.2. The van der Waals surface area contributed by atoms with Gasteiger partial charge in [0, 0.05) is 6.07 Å². The molecule has 0 saturated heterocycles. The van der Waals surface area contributed by atoms with Crippen LogP contribution in [0.1, 0.15) is 29.3 Å². The summed E-state index contributed by atoms with van der Waals surface area (Å²) in [6, 6.07) is 5.02. The third kappa shape index (κ3) is 3.66. The lowest BCUT2D eigenvalue weighted by molar-refractivity contribution is -0.123. The summed E-state index contributed by atoms with van der Waals surface area (Å²) in [5.41, 5.74) is 1.81. The summed E-state index contributed by atoms with van der Waals surface area (Å²) in [5.74, 6) is 1.49. The van der Waals surface area contributed by atoms with Crippen LogP contribution in [0.25, 0.3) is 0 Å². The van der Waals surface area contributed by atoms with E-state index in [1.165, 1.54) is 12.3 Å². The van der Waals surface area contributed by atoms with Crippen molar-refractivity contribution < 1.29 is 23.4 Å². The highest BCUT2D eigenvalue weighted by atomic mass is 16.5. The number of ether oxygens (including phenoxy) is 3. The second kappa shape index (κ2) is 7.51. The molecule has 3 rings (SSSR count). The Balaban J connectivity index is 1.65. The van der Waals surface area contributed by atoms with Crippen molar-refractivity contribution in [3.05, 3.63) is 51.6 Å². The van der Waals surface area contributed by atoms with Crippen LogP contribution in [-0.4, -0.2) is 26.7 Å². The minimum absolute atomic E-state index is 0.0176. The second-order valence-electron chi connectivity index (χ2n) is 6.07. The molecule has 26 heavy (non-hydrogen) atoms. The van der Waals surface area contributed by atoms with Crippen molar-refractivity contribution >= 4 is 5.91 Å². The Bertz CT molecular complexity index is 873. The van der Waals surface area contributed by atoms with E-state index >= 15 is 0 Å². The lowest BCUT2D eigenvalue weighted by Gasteiger charge is -2.16. The number of carbonyl (C=O) groups excluding carboxylic acids is 1. The van der Waals surface area contributed by atoms with Gasteiger partial charge in [0.15, 0.2) is 18.1 Å². The lowest BCUT2D eigenvalue weighted by Crippen LogP contribution is -2.32. The number of benzene rings is 1. The van der Waals surface area contributed by atoms with Gasteiger partial charge in [-0.3, -0.25) is 9.59 Å². The number of hydrogen-bond donors (Lipinski definition) is 1. The molecule has 0 fully saturated rings. The van der Waals surface area contributed by atoms with Crippen LogP contribution in [-0.2, 0) is 11.2 Å². The largest absolute Gasteiger partial charge is 0.493 e. The van der Waals surface area contributed by atoms with Crippen LogP contribution < -0.4 is 25.0 Å². The number of aryl methyl sites for hydroxylation is 2. The first-order valence-electron chi connectivity index (χ1n) is 8.28. The molecule has 1 aromatic heterocycles. The molecule has 7 nitrogen and oxygen atoms in total. The number of nitrogens with one attached hydrogen (secondary N) is 1. The molecule has 1 aliphatic carbocycles. The molecule has 0 saturated carbocycles. The van der Waals surface area contributed by atoms with Crippen LogP contribution in [0.15, 0.2) is 33.7 Å². The van der Waals surface area contributed by atoms with E-state index in [2.05, 4.69) is 5.32 Å². The zero-order valence-corrected chi connectivity index (χ0v) is 15.0. The summed E-state index contributed by atoms with van der Waals surface area (Å²) < 4.78 is 21.0. The van der Waals surface area contributed by atoms with Crippen molar-refractivity contribution in [3.8, 4) is 17.2 Å². The van der Waals surface area contributed by atoms with E-state index < -0.39 is 0 Å². The van der Waals surface area contributed by atoms with E-state index in [-0.39, 0.29) is 29.7 Å². The van der Waals surface area contributed by atoms with E-state index in [0.29, 0.717) is 17.3 Å². The molecular formula is C19H21NO6. The standard InChI is InChI=1S/C19H21NO6/c1-11-6-15(21)18(9-25-11)26-10-19(22)20-14-5-4-12-7-16(23-2)17(24-3)8-13(12)14/h6-9,14H,4-5,10H2,1-3H3,(H,20,22)/t14-/m1/s1. The summed E-state index contributed by atoms with van der Waals surface area (Å²) in [6.45, 7) is 1.41. The zero-order chi connectivity index (χ0) is 18.7. The fourth-order valence-electron chi connectivity index (χ4n) is 3.06. The maximum absolute atomic E-state index is 12.2. The van der Waals surface area contributed by atoms with Crippen molar-refractivity contribution in [1.29, 1.82) is 0 Å². The Hall–Kier alpha value is -2.96. The molecule has 0 radical (unpaired) electrons. The molecule has 1 aliphatic rings. The van der Waals surface area contributed by atoms with E-state index in [4.69, 9.17) is 18.6 Å². The summed E-state index contributed by atoms with van der Waals surface area (Å²) in [7, 11) is 3.17. The Morgan fingerprint density at radius 3 is 2.62 bits per heavy atom. The summed E-state index contributed by atoms with van der Waals surface area (Å²) in [5, 5.41) is 2.93. The number of rotatable bonds is 6. The number of carbonyl (C=O) groups is 1. The molecule has 1 amide bonds. The quantitative estimate of drug-likeness (QED) is 0.850. The maximum Gasteiger partial charge on any atom is 0.258 e. The predicted molar refractivity (Wildman–Crippen MR) is 94.0 cm³/mol. The molecule has 0 unspecified atom stereocenters. The minimum Gasteiger partial charge on any atom is -0.493 e. The molecule has 2 aromatic rings. The van der Waals surface area contributed by atoms with E-state index in [0.717, 1.165) is 24.0 Å². The van der Waals surface area contributed by atoms with E-state index in [9.17, 15) is 9.59 Å². The number of amides is 1. The highest BCUT2D eigenvalue weighted by Crippen LogP contribution is 2.39. The van der Waals surface area contributed by atoms with Gasteiger partial charge >= 0.3 is 0 Å². The predicted octanol–water partition coefficient (Wildman–Crippen LogP) is 2.15. The molecular weight excluding hydrogens is 338 g/mol. The van der Waals surface area contributed by atoms with Gasteiger partial charge in [0.25, 0.3) is 5.91 Å². The Morgan fingerprint density at radius 1 is 1.19 bits per heavy atom. The van der Waals surface area contributed by atoms with E-state index in [1.54, 1.807) is 21.1 Å². The van der Waals surface area contributed by atoms with Crippen molar-refractivity contribution in [2.45, 2.75) is 25.8 Å². The molecule has 0 spiro atoms. The SMILES string of the molecule is COc1cc2c(cc1OC)[C@H](NC(=O)COc1coc(C)cc1=O)CC2. The van der Waals surface area contributed by atoms with E-state index in [1.807, 2.05) is 12.1 Å². The normalized spacial score (nSPS) is 15.3. The second-order valence-corrected chi connectivity index (χ2v) is 6.07. The molecule has 1 heterocycles. The average molecular weight is 359 g/mol. The van der Waals surface area contributed by atoms with Gasteiger partial charge in [-0.1, -0.05) is 0 Å². The van der Waals surface area contributed by atoms with Crippen molar-refractivity contribution in [3.63, 3.8) is 0 Å². The van der Waals surface area contributed by atoms with Crippen molar-refractivity contribution in [1.82, 2.24) is 5.32 Å². The van der Waals surface area contributed by atoms with Crippen LogP contribution in [0, 0.1) is 6.92 Å². The highest BCUT2D eigenvalue weighted by Gasteiger charge is 2.26. The lowest BCUT2D eigenvalue weighted by atomic mass is 10.1. The third-order valence-corrected chi connectivity index (χ3v) is 4.35. The number of methoxy groups -OCH3 is 2. The van der Waals surface area contributed by atoms with Gasteiger partial charge in [-0.25, -0.2) is 0 Å². The highest BCUT2D eigenvalue weighted by molar-refractivity contribution is 5.78. The third-order valence-electron chi connectivity index (χ3n) is 4.35. The fraction of sp³-hybridized carbons (Fsp3) is 0.368. The molecule has 138 valence electrons. The van der Waals surface area contributed by atoms with Gasteiger partial charge in [-0.05, 0) is 43.0 Å². The zero-order valence-electron chi connectivity index (χ0n) is 15.0. The van der Waals surface area contributed by atoms with Gasteiger partial charge < -0.3 is 23.9 Å². The Morgan fingerprint density at radius 2 is 1.92 bits per heavy atom. The molecule has 0 aliphatic heterocycles. The van der Waals surface area contributed by atoms with Crippen LogP contribution in [0.5, 0.6) is 17.2 Å². The molecule has 1 aromatic carbocycles. The molecule has 1 N–H and O–H groups in total. The first-order valence-corrected chi connectivity index (χ1v) is 8.28. The van der Waals surface area contributed by atoms with Gasteiger partial charge in [-0.15, -0.1) is 0 Å². The Kier molecular flexibility index (Phi) is 5.16. The van der Waals surface area contributed by atoms with Crippen LogP contribution in [0.4, 0.5) is 0 Å².